The van der Waals surface area contributed by atoms with E-state index in [-0.39, 0.29) is 6.42 Å². The summed E-state index contributed by atoms with van der Waals surface area (Å²) in [6.45, 7) is 0. The first-order valence-corrected chi connectivity index (χ1v) is 3.43. The van der Waals surface area contributed by atoms with E-state index in [1.165, 1.54) is 6.33 Å². The Hall–Kier alpha value is -1.49. The zero-order chi connectivity index (χ0) is 8.97. The summed E-state index contributed by atoms with van der Waals surface area (Å²) in [6, 6.07) is 0.753. The molecule has 5 heteroatoms. The second-order valence-electron chi connectivity index (χ2n) is 2.35. The molecule has 0 aliphatic carbocycles. The highest BCUT2D eigenvalue weighted by atomic mass is 16.4. The van der Waals surface area contributed by atoms with Gasteiger partial charge in [0.05, 0.1) is 0 Å². The number of hydrogen-bond acceptors (Lipinski definition) is 4. The van der Waals surface area contributed by atoms with Crippen molar-refractivity contribution in [2.75, 3.05) is 0 Å². The molecule has 0 saturated heterocycles. The van der Waals surface area contributed by atoms with Crippen LogP contribution >= 0.6 is 0 Å². The topological polar surface area (TPSA) is 89.1 Å². The smallest absolute Gasteiger partial charge is 0.320 e. The van der Waals surface area contributed by atoms with Gasteiger partial charge in [0.2, 0.25) is 0 Å². The van der Waals surface area contributed by atoms with Gasteiger partial charge in [0.1, 0.15) is 12.4 Å². The molecule has 0 fully saturated rings. The van der Waals surface area contributed by atoms with Crippen LogP contribution in [0.5, 0.6) is 0 Å². The van der Waals surface area contributed by atoms with E-state index < -0.39 is 12.0 Å². The summed E-state index contributed by atoms with van der Waals surface area (Å²) in [5, 5.41) is 8.47. The molecule has 0 amide bonds. The van der Waals surface area contributed by atoms with Crippen LogP contribution in [-0.4, -0.2) is 27.1 Å². The van der Waals surface area contributed by atoms with Gasteiger partial charge in [-0.2, -0.15) is 0 Å². The monoisotopic (exact) mass is 167 g/mol. The van der Waals surface area contributed by atoms with Crippen LogP contribution in [-0.2, 0) is 11.2 Å². The minimum atomic E-state index is -1.02. The molecule has 64 valence electrons. The van der Waals surface area contributed by atoms with Gasteiger partial charge in [0.15, 0.2) is 0 Å². The van der Waals surface area contributed by atoms with Gasteiger partial charge < -0.3 is 10.8 Å². The Balaban J connectivity index is 2.58. The van der Waals surface area contributed by atoms with E-state index in [9.17, 15) is 4.79 Å². The average Bonchev–Trinajstić information content (AvgIpc) is 2.06. The third-order valence-electron chi connectivity index (χ3n) is 1.39. The van der Waals surface area contributed by atoms with Crippen LogP contribution in [0.2, 0.25) is 0 Å². The first kappa shape index (κ1) is 8.61. The van der Waals surface area contributed by atoms with E-state index in [1.54, 1.807) is 12.3 Å². The molecule has 1 heterocycles. The Kier molecular flexibility index (Phi) is 2.71. The normalized spacial score (nSPS) is 12.4. The fraction of sp³-hybridized carbons (Fsp3) is 0.286. The van der Waals surface area contributed by atoms with E-state index in [0.29, 0.717) is 5.69 Å². The lowest BCUT2D eigenvalue weighted by Crippen LogP contribution is -2.32. The molecule has 0 saturated carbocycles. The lowest BCUT2D eigenvalue weighted by molar-refractivity contribution is -0.138. The highest BCUT2D eigenvalue weighted by molar-refractivity contribution is 5.73. The van der Waals surface area contributed by atoms with Crippen LogP contribution in [0.4, 0.5) is 0 Å². The second-order valence-corrected chi connectivity index (χ2v) is 2.35. The maximum Gasteiger partial charge on any atom is 0.320 e. The van der Waals surface area contributed by atoms with Crippen molar-refractivity contribution < 1.29 is 9.90 Å². The molecule has 3 N–H and O–H groups in total. The Morgan fingerprint density at radius 3 is 3.00 bits per heavy atom. The van der Waals surface area contributed by atoms with E-state index in [2.05, 4.69) is 9.97 Å². The molecule has 0 spiro atoms. The van der Waals surface area contributed by atoms with Crippen LogP contribution in [0.1, 0.15) is 5.69 Å². The summed E-state index contributed by atoms with van der Waals surface area (Å²) in [5.41, 5.74) is 5.93. The van der Waals surface area contributed by atoms with Gasteiger partial charge in [-0.05, 0) is 6.07 Å². The van der Waals surface area contributed by atoms with Crippen molar-refractivity contribution in [1.82, 2.24) is 9.97 Å². The van der Waals surface area contributed by atoms with Crippen molar-refractivity contribution in [1.29, 1.82) is 0 Å². The Bertz CT molecular complexity index is 263. The van der Waals surface area contributed by atoms with Crippen LogP contribution in [0.15, 0.2) is 18.6 Å². The first-order valence-electron chi connectivity index (χ1n) is 3.43. The van der Waals surface area contributed by atoms with Gasteiger partial charge in [-0.3, -0.25) is 4.79 Å². The minimum absolute atomic E-state index is 0.234. The van der Waals surface area contributed by atoms with Crippen molar-refractivity contribution in [3.05, 3.63) is 24.3 Å². The lowest BCUT2D eigenvalue weighted by Gasteiger charge is -2.03. The average molecular weight is 167 g/mol. The minimum Gasteiger partial charge on any atom is -0.480 e. The fourth-order valence-electron chi connectivity index (χ4n) is 0.751. The molecule has 0 bridgehead atoms. The molecule has 1 unspecified atom stereocenters. The van der Waals surface area contributed by atoms with Crippen molar-refractivity contribution in [2.45, 2.75) is 12.5 Å². The Morgan fingerprint density at radius 1 is 1.75 bits per heavy atom. The van der Waals surface area contributed by atoms with Gasteiger partial charge in [-0.1, -0.05) is 0 Å². The van der Waals surface area contributed by atoms with Gasteiger partial charge in [-0.15, -0.1) is 0 Å². The standard InChI is InChI=1S/C7H9N3O2/c8-6(7(11)12)3-5-1-2-9-4-10-5/h1-2,4,6H,3,8H2,(H,11,12). The van der Waals surface area contributed by atoms with Crippen LogP contribution in [0.25, 0.3) is 0 Å². The third kappa shape index (κ3) is 2.28. The maximum atomic E-state index is 10.3. The van der Waals surface area contributed by atoms with Crippen LogP contribution in [0, 0.1) is 0 Å². The molecule has 5 nitrogen and oxygen atoms in total. The summed E-state index contributed by atoms with van der Waals surface area (Å²) in [6.07, 6.45) is 3.15. The zero-order valence-electron chi connectivity index (χ0n) is 6.34. The van der Waals surface area contributed by atoms with Gasteiger partial charge in [0.25, 0.3) is 0 Å². The zero-order valence-corrected chi connectivity index (χ0v) is 6.34. The molecule has 1 aromatic rings. The quantitative estimate of drug-likeness (QED) is 0.629. The molecule has 12 heavy (non-hydrogen) atoms. The summed E-state index contributed by atoms with van der Waals surface area (Å²) in [4.78, 5) is 17.9. The van der Waals surface area contributed by atoms with Crippen molar-refractivity contribution in [3.8, 4) is 0 Å². The van der Waals surface area contributed by atoms with Crippen molar-refractivity contribution in [2.24, 2.45) is 5.73 Å². The molecule has 1 atom stereocenters. The predicted octanol–water partition coefficient (Wildman–Crippen LogP) is -0.569. The number of aliphatic carboxylic acids is 1. The van der Waals surface area contributed by atoms with Gasteiger partial charge >= 0.3 is 5.97 Å². The number of nitrogens with zero attached hydrogens (tertiary/aromatic N) is 2. The van der Waals surface area contributed by atoms with Gasteiger partial charge in [0, 0.05) is 18.3 Å². The molecule has 1 rings (SSSR count). The number of carboxylic acids is 1. The van der Waals surface area contributed by atoms with Crippen molar-refractivity contribution >= 4 is 5.97 Å². The summed E-state index contributed by atoms with van der Waals surface area (Å²) in [7, 11) is 0. The second kappa shape index (κ2) is 3.77. The largest absolute Gasteiger partial charge is 0.480 e. The number of nitrogens with two attached hydrogens (primary N) is 1. The highest BCUT2D eigenvalue weighted by Crippen LogP contribution is 1.95. The molecule has 0 radical (unpaired) electrons. The first-order chi connectivity index (χ1) is 5.70. The highest BCUT2D eigenvalue weighted by Gasteiger charge is 2.11. The molecule has 1 aromatic heterocycles. The molecular formula is C7H9N3O2. The third-order valence-corrected chi connectivity index (χ3v) is 1.39. The molecular weight excluding hydrogens is 158 g/mol. The van der Waals surface area contributed by atoms with Crippen LogP contribution in [0.3, 0.4) is 0 Å². The number of carbonyl (C=O) groups is 1. The Morgan fingerprint density at radius 2 is 2.50 bits per heavy atom. The fourth-order valence-corrected chi connectivity index (χ4v) is 0.751. The van der Waals surface area contributed by atoms with Crippen molar-refractivity contribution in [3.63, 3.8) is 0 Å². The van der Waals surface area contributed by atoms with Crippen LogP contribution < -0.4 is 5.73 Å². The lowest BCUT2D eigenvalue weighted by atomic mass is 10.2. The molecule has 0 aromatic carbocycles. The predicted molar refractivity (Wildman–Crippen MR) is 41.3 cm³/mol. The summed E-state index contributed by atoms with van der Waals surface area (Å²) >= 11 is 0. The molecule has 0 aliphatic heterocycles. The van der Waals surface area contributed by atoms with E-state index in [1.807, 2.05) is 0 Å². The summed E-state index contributed by atoms with van der Waals surface area (Å²) < 4.78 is 0. The van der Waals surface area contributed by atoms with Gasteiger partial charge in [-0.25, -0.2) is 9.97 Å². The van der Waals surface area contributed by atoms with E-state index in [0.717, 1.165) is 0 Å². The molecule has 0 aliphatic rings. The number of rotatable bonds is 3. The number of aromatic nitrogens is 2. The number of carboxylic acid groups (broad SMARTS) is 1. The van der Waals surface area contributed by atoms with E-state index >= 15 is 0 Å². The van der Waals surface area contributed by atoms with E-state index in [4.69, 9.17) is 10.8 Å². The Labute approximate surface area is 69.3 Å². The summed E-state index contributed by atoms with van der Waals surface area (Å²) in [5.74, 6) is -1.02. The number of hydrogen-bond donors (Lipinski definition) is 2. The SMILES string of the molecule is NC(Cc1ccncn1)C(=O)O. The maximum absolute atomic E-state index is 10.3.